The van der Waals surface area contributed by atoms with Gasteiger partial charge in [-0.2, -0.15) is 0 Å². The van der Waals surface area contributed by atoms with Crippen molar-refractivity contribution in [2.45, 2.75) is 13.3 Å². The maximum absolute atomic E-state index is 12.1. The summed E-state index contributed by atoms with van der Waals surface area (Å²) in [4.78, 5) is 24.1. The molecule has 2 aromatic carbocycles. The topological polar surface area (TPSA) is 76.7 Å². The highest BCUT2D eigenvalue weighted by Crippen LogP contribution is 2.29. The van der Waals surface area contributed by atoms with Gasteiger partial charge in [0.2, 0.25) is 11.8 Å². The second kappa shape index (κ2) is 8.39. The first-order valence-corrected chi connectivity index (χ1v) is 7.88. The highest BCUT2D eigenvalue weighted by atomic mass is 35.5. The molecule has 0 aliphatic heterocycles. The van der Waals surface area contributed by atoms with Gasteiger partial charge in [0.05, 0.1) is 19.9 Å². The fourth-order valence-electron chi connectivity index (χ4n) is 2.13. The van der Waals surface area contributed by atoms with Gasteiger partial charge >= 0.3 is 0 Å². The molecule has 2 N–H and O–H groups in total. The molecule has 0 unspecified atom stereocenters. The minimum Gasteiger partial charge on any atom is -0.497 e. The molecule has 7 heteroatoms. The largest absolute Gasteiger partial charge is 0.497 e. The smallest absolute Gasteiger partial charge is 0.233 e. The number of hydrogen-bond acceptors (Lipinski definition) is 4. The predicted molar refractivity (Wildman–Crippen MR) is 97.6 cm³/mol. The Morgan fingerprint density at radius 1 is 1.00 bits per heavy atom. The molecular formula is C18H19ClN2O4. The van der Waals surface area contributed by atoms with E-state index in [1.54, 1.807) is 36.4 Å². The molecule has 0 saturated heterocycles. The number of aryl methyl sites for hydroxylation is 1. The van der Waals surface area contributed by atoms with E-state index in [0.717, 1.165) is 5.56 Å². The minimum atomic E-state index is -0.470. The predicted octanol–water partition coefficient (Wildman–Crippen LogP) is 3.63. The number of amides is 2. The van der Waals surface area contributed by atoms with Crippen LogP contribution in [0.1, 0.15) is 12.0 Å². The molecule has 2 aromatic rings. The number of ether oxygens (including phenoxy) is 2. The lowest BCUT2D eigenvalue weighted by molar-refractivity contribution is -0.123. The Kier molecular flexibility index (Phi) is 6.25. The third-order valence-electron chi connectivity index (χ3n) is 3.46. The summed E-state index contributed by atoms with van der Waals surface area (Å²) in [5, 5.41) is 5.82. The summed E-state index contributed by atoms with van der Waals surface area (Å²) in [6, 6.07) is 10.2. The Bertz CT molecular complexity index is 793. The van der Waals surface area contributed by atoms with E-state index in [0.29, 0.717) is 27.9 Å². The fourth-order valence-corrected chi connectivity index (χ4v) is 2.31. The van der Waals surface area contributed by atoms with E-state index >= 15 is 0 Å². The van der Waals surface area contributed by atoms with Gasteiger partial charge in [0.25, 0.3) is 0 Å². The standard InChI is InChI=1S/C18H19ClN2O4/c1-11-4-5-12(8-14(11)19)20-17(22)10-18(23)21-15-9-13(24-2)6-7-16(15)25-3/h4-9H,10H2,1-3H3,(H,20,22)(H,21,23). The summed E-state index contributed by atoms with van der Waals surface area (Å²) >= 11 is 6.02. The molecule has 6 nitrogen and oxygen atoms in total. The molecule has 0 atom stereocenters. The summed E-state index contributed by atoms with van der Waals surface area (Å²) in [7, 11) is 3.01. The highest BCUT2D eigenvalue weighted by Gasteiger charge is 2.13. The van der Waals surface area contributed by atoms with Gasteiger partial charge in [0.15, 0.2) is 0 Å². The molecule has 0 aromatic heterocycles. The van der Waals surface area contributed by atoms with Gasteiger partial charge in [0.1, 0.15) is 17.9 Å². The van der Waals surface area contributed by atoms with Crippen molar-refractivity contribution in [2.75, 3.05) is 24.9 Å². The molecule has 2 rings (SSSR count). The number of methoxy groups -OCH3 is 2. The molecule has 0 aliphatic carbocycles. The summed E-state index contributed by atoms with van der Waals surface area (Å²) in [6.07, 6.45) is -0.341. The van der Waals surface area contributed by atoms with Gasteiger partial charge in [-0.3, -0.25) is 9.59 Å². The Balaban J connectivity index is 1.99. The maximum Gasteiger partial charge on any atom is 0.233 e. The molecule has 25 heavy (non-hydrogen) atoms. The van der Waals surface area contributed by atoms with Crippen LogP contribution in [0.5, 0.6) is 11.5 Å². The van der Waals surface area contributed by atoms with Crippen LogP contribution in [0.15, 0.2) is 36.4 Å². The number of anilines is 2. The van der Waals surface area contributed by atoms with Gasteiger partial charge in [0, 0.05) is 16.8 Å². The first kappa shape index (κ1) is 18.6. The van der Waals surface area contributed by atoms with E-state index in [4.69, 9.17) is 21.1 Å². The monoisotopic (exact) mass is 362 g/mol. The van der Waals surface area contributed by atoms with Crippen LogP contribution >= 0.6 is 11.6 Å². The van der Waals surface area contributed by atoms with Crippen LogP contribution in [0.3, 0.4) is 0 Å². The summed E-state index contributed by atoms with van der Waals surface area (Å²) in [5.74, 6) is 0.122. The molecule has 132 valence electrons. The highest BCUT2D eigenvalue weighted by molar-refractivity contribution is 6.31. The zero-order chi connectivity index (χ0) is 18.4. The van der Waals surface area contributed by atoms with Crippen molar-refractivity contribution in [3.8, 4) is 11.5 Å². The number of rotatable bonds is 6. The van der Waals surface area contributed by atoms with Gasteiger partial charge in [-0.05, 0) is 36.8 Å². The van der Waals surface area contributed by atoms with E-state index in [1.165, 1.54) is 14.2 Å². The average molecular weight is 363 g/mol. The first-order valence-electron chi connectivity index (χ1n) is 7.51. The van der Waals surface area contributed by atoms with Gasteiger partial charge < -0.3 is 20.1 Å². The Hall–Kier alpha value is -2.73. The minimum absolute atomic E-state index is 0.341. The Labute approximate surface area is 151 Å². The van der Waals surface area contributed by atoms with Crippen LogP contribution in [0.2, 0.25) is 5.02 Å². The molecule has 2 amide bonds. The number of benzene rings is 2. The molecular weight excluding hydrogens is 344 g/mol. The van der Waals surface area contributed by atoms with Gasteiger partial charge in [-0.25, -0.2) is 0 Å². The second-order valence-electron chi connectivity index (χ2n) is 5.30. The maximum atomic E-state index is 12.1. The number of halogens is 1. The van der Waals surface area contributed by atoms with Crippen molar-refractivity contribution in [2.24, 2.45) is 0 Å². The lowest BCUT2D eigenvalue weighted by atomic mass is 10.2. The van der Waals surface area contributed by atoms with Crippen molar-refractivity contribution < 1.29 is 19.1 Å². The molecule has 0 saturated carbocycles. The van der Waals surface area contributed by atoms with E-state index in [2.05, 4.69) is 10.6 Å². The number of nitrogens with one attached hydrogen (secondary N) is 2. The molecule has 0 radical (unpaired) electrons. The fraction of sp³-hybridized carbons (Fsp3) is 0.222. The summed E-state index contributed by atoms with van der Waals surface area (Å²) in [6.45, 7) is 1.86. The van der Waals surface area contributed by atoms with Crippen LogP contribution < -0.4 is 20.1 Å². The van der Waals surface area contributed by atoms with E-state index < -0.39 is 11.8 Å². The molecule has 0 bridgehead atoms. The van der Waals surface area contributed by atoms with Gasteiger partial charge in [-0.1, -0.05) is 17.7 Å². The lowest BCUT2D eigenvalue weighted by Gasteiger charge is -2.12. The van der Waals surface area contributed by atoms with Crippen molar-refractivity contribution in [1.29, 1.82) is 0 Å². The lowest BCUT2D eigenvalue weighted by Crippen LogP contribution is -2.21. The van der Waals surface area contributed by atoms with Crippen molar-refractivity contribution >= 4 is 34.8 Å². The molecule has 0 fully saturated rings. The average Bonchev–Trinajstić information content (AvgIpc) is 2.57. The zero-order valence-corrected chi connectivity index (χ0v) is 14.9. The molecule has 0 heterocycles. The summed E-state index contributed by atoms with van der Waals surface area (Å²) < 4.78 is 10.3. The zero-order valence-electron chi connectivity index (χ0n) is 14.2. The van der Waals surface area contributed by atoms with Crippen molar-refractivity contribution in [3.05, 3.63) is 47.0 Å². The van der Waals surface area contributed by atoms with Crippen LogP contribution in [0.4, 0.5) is 11.4 Å². The van der Waals surface area contributed by atoms with E-state index in [9.17, 15) is 9.59 Å². The van der Waals surface area contributed by atoms with Crippen molar-refractivity contribution in [3.63, 3.8) is 0 Å². The normalized spacial score (nSPS) is 10.1. The summed E-state index contributed by atoms with van der Waals surface area (Å²) in [5.41, 5.74) is 1.87. The Morgan fingerprint density at radius 2 is 1.72 bits per heavy atom. The number of hydrogen-bond donors (Lipinski definition) is 2. The second-order valence-corrected chi connectivity index (χ2v) is 5.71. The molecule has 0 aliphatic rings. The van der Waals surface area contributed by atoms with E-state index in [1.807, 2.05) is 6.92 Å². The van der Waals surface area contributed by atoms with Crippen LogP contribution in [-0.4, -0.2) is 26.0 Å². The molecule has 0 spiro atoms. The SMILES string of the molecule is COc1ccc(OC)c(NC(=O)CC(=O)Nc2ccc(C)c(Cl)c2)c1. The van der Waals surface area contributed by atoms with Crippen molar-refractivity contribution in [1.82, 2.24) is 0 Å². The van der Waals surface area contributed by atoms with Crippen LogP contribution in [0.25, 0.3) is 0 Å². The quantitative estimate of drug-likeness (QED) is 0.769. The number of carbonyl (C=O) groups excluding carboxylic acids is 2. The number of carbonyl (C=O) groups is 2. The third kappa shape index (κ3) is 5.12. The Morgan fingerprint density at radius 3 is 2.36 bits per heavy atom. The third-order valence-corrected chi connectivity index (χ3v) is 3.86. The van der Waals surface area contributed by atoms with Crippen LogP contribution in [-0.2, 0) is 9.59 Å². The van der Waals surface area contributed by atoms with Gasteiger partial charge in [-0.15, -0.1) is 0 Å². The van der Waals surface area contributed by atoms with Crippen LogP contribution in [0, 0.1) is 6.92 Å². The first-order chi connectivity index (χ1) is 11.9. The van der Waals surface area contributed by atoms with E-state index in [-0.39, 0.29) is 6.42 Å².